The van der Waals surface area contributed by atoms with Crippen LogP contribution >= 0.6 is 23.1 Å². The van der Waals surface area contributed by atoms with Crippen LogP contribution < -0.4 is 5.32 Å². The molecule has 0 aliphatic heterocycles. The third-order valence-corrected chi connectivity index (χ3v) is 6.91. The highest BCUT2D eigenvalue weighted by Gasteiger charge is 2.30. The van der Waals surface area contributed by atoms with E-state index in [-0.39, 0.29) is 17.6 Å². The first-order chi connectivity index (χ1) is 13.5. The molecule has 1 saturated carbocycles. The summed E-state index contributed by atoms with van der Waals surface area (Å²) in [4.78, 5) is 26.2. The molecule has 0 bridgehead atoms. The van der Waals surface area contributed by atoms with Crippen molar-refractivity contribution in [3.05, 3.63) is 21.9 Å². The molecular weight excluding hydrogens is 398 g/mol. The molecule has 2 aromatic rings. The lowest BCUT2D eigenvalue weighted by molar-refractivity contribution is -0.113. The Kier molecular flexibility index (Phi) is 5.73. The van der Waals surface area contributed by atoms with E-state index in [9.17, 15) is 9.59 Å². The predicted octanol–water partition coefficient (Wildman–Crippen LogP) is 4.04. The van der Waals surface area contributed by atoms with E-state index in [1.165, 1.54) is 28.0 Å². The van der Waals surface area contributed by atoms with Crippen LogP contribution in [0.2, 0.25) is 0 Å². The summed E-state index contributed by atoms with van der Waals surface area (Å²) in [5, 5.41) is 11.9. The molecule has 1 N–H and O–H groups in total. The Morgan fingerprint density at radius 1 is 1.32 bits per heavy atom. The van der Waals surface area contributed by atoms with Crippen molar-refractivity contribution in [3.63, 3.8) is 0 Å². The van der Waals surface area contributed by atoms with Crippen molar-refractivity contribution in [3.8, 4) is 0 Å². The van der Waals surface area contributed by atoms with Gasteiger partial charge in [0, 0.05) is 10.8 Å². The molecule has 0 spiro atoms. The number of thiophene rings is 1. The molecule has 28 heavy (non-hydrogen) atoms. The van der Waals surface area contributed by atoms with Crippen LogP contribution in [-0.2, 0) is 22.4 Å². The molecule has 2 aliphatic rings. The molecule has 0 unspecified atom stereocenters. The zero-order valence-electron chi connectivity index (χ0n) is 15.9. The third-order valence-electron chi connectivity index (χ3n) is 4.92. The second kappa shape index (κ2) is 8.24. The summed E-state index contributed by atoms with van der Waals surface area (Å²) < 4.78 is 10.8. The monoisotopic (exact) mass is 421 g/mol. The first-order valence-electron chi connectivity index (χ1n) is 9.62. The van der Waals surface area contributed by atoms with Gasteiger partial charge >= 0.3 is 5.97 Å². The van der Waals surface area contributed by atoms with E-state index in [0.29, 0.717) is 40.1 Å². The predicted molar refractivity (Wildman–Crippen MR) is 107 cm³/mol. The Labute approximate surface area is 171 Å². The molecule has 2 aromatic heterocycles. The van der Waals surface area contributed by atoms with Gasteiger partial charge in [-0.2, -0.15) is 0 Å². The Morgan fingerprint density at radius 3 is 2.89 bits per heavy atom. The first-order valence-corrected chi connectivity index (χ1v) is 11.4. The lowest BCUT2D eigenvalue weighted by atomic mass is 9.88. The van der Waals surface area contributed by atoms with Crippen molar-refractivity contribution in [2.24, 2.45) is 5.92 Å². The Bertz CT molecular complexity index is 888. The molecule has 0 aromatic carbocycles. The number of esters is 1. The van der Waals surface area contributed by atoms with Gasteiger partial charge in [-0.1, -0.05) is 18.7 Å². The Morgan fingerprint density at radius 2 is 2.14 bits per heavy atom. The summed E-state index contributed by atoms with van der Waals surface area (Å²) in [7, 11) is 0. The standard InChI is InChI=1S/C19H23N3O4S2/c1-3-25-18(24)15-12-7-4-10(2)8-13(12)28-17(15)20-14(23)9-27-19-22-21-16(26-19)11-5-6-11/h10-11H,3-9H2,1-2H3,(H,20,23)/t10-/m1/s1. The number of hydrogen-bond acceptors (Lipinski definition) is 8. The van der Waals surface area contributed by atoms with E-state index >= 15 is 0 Å². The van der Waals surface area contributed by atoms with Crippen molar-refractivity contribution in [1.82, 2.24) is 10.2 Å². The van der Waals surface area contributed by atoms with E-state index in [1.54, 1.807) is 6.92 Å². The number of amides is 1. The molecule has 9 heteroatoms. The summed E-state index contributed by atoms with van der Waals surface area (Å²) in [5.41, 5.74) is 1.57. The lowest BCUT2D eigenvalue weighted by Gasteiger charge is -2.18. The van der Waals surface area contributed by atoms with E-state index in [2.05, 4.69) is 22.4 Å². The molecule has 150 valence electrons. The van der Waals surface area contributed by atoms with E-state index < -0.39 is 0 Å². The second-order valence-electron chi connectivity index (χ2n) is 7.29. The maximum atomic E-state index is 12.5. The minimum absolute atomic E-state index is 0.146. The van der Waals surface area contributed by atoms with Crippen LogP contribution in [0, 0.1) is 5.92 Å². The van der Waals surface area contributed by atoms with Crippen LogP contribution in [0.3, 0.4) is 0 Å². The largest absolute Gasteiger partial charge is 0.462 e. The highest BCUT2D eigenvalue weighted by atomic mass is 32.2. The van der Waals surface area contributed by atoms with E-state index in [4.69, 9.17) is 9.15 Å². The quantitative estimate of drug-likeness (QED) is 0.532. The zero-order valence-corrected chi connectivity index (χ0v) is 17.6. The molecule has 1 amide bonds. The number of nitrogens with zero attached hydrogens (tertiary/aromatic N) is 2. The van der Waals surface area contributed by atoms with Gasteiger partial charge in [0.25, 0.3) is 5.22 Å². The summed E-state index contributed by atoms with van der Waals surface area (Å²) >= 11 is 2.70. The minimum atomic E-state index is -0.358. The minimum Gasteiger partial charge on any atom is -0.462 e. The van der Waals surface area contributed by atoms with Gasteiger partial charge < -0.3 is 14.5 Å². The maximum absolute atomic E-state index is 12.5. The van der Waals surface area contributed by atoms with Crippen LogP contribution in [0.15, 0.2) is 9.64 Å². The number of ether oxygens (including phenoxy) is 1. The van der Waals surface area contributed by atoms with Gasteiger partial charge in [-0.25, -0.2) is 4.79 Å². The highest BCUT2D eigenvalue weighted by molar-refractivity contribution is 7.99. The molecule has 1 atom stereocenters. The Hall–Kier alpha value is -1.87. The van der Waals surface area contributed by atoms with Crippen LogP contribution in [0.25, 0.3) is 0 Å². The number of fused-ring (bicyclic) bond motifs is 1. The number of carbonyl (C=O) groups excluding carboxylic acids is 2. The highest BCUT2D eigenvalue weighted by Crippen LogP contribution is 2.41. The van der Waals surface area contributed by atoms with Crippen molar-refractivity contribution in [2.75, 3.05) is 17.7 Å². The van der Waals surface area contributed by atoms with Crippen LogP contribution in [0.1, 0.15) is 65.7 Å². The van der Waals surface area contributed by atoms with Crippen molar-refractivity contribution < 1.29 is 18.7 Å². The number of carbonyl (C=O) groups is 2. The van der Waals surface area contributed by atoms with Gasteiger partial charge in [0.05, 0.1) is 17.9 Å². The van der Waals surface area contributed by atoms with Crippen molar-refractivity contribution in [1.29, 1.82) is 0 Å². The maximum Gasteiger partial charge on any atom is 0.341 e. The second-order valence-corrected chi connectivity index (χ2v) is 9.33. The fourth-order valence-corrected chi connectivity index (χ4v) is 5.31. The van der Waals surface area contributed by atoms with E-state index in [1.807, 2.05) is 0 Å². The smallest absolute Gasteiger partial charge is 0.341 e. The third kappa shape index (κ3) is 4.25. The van der Waals surface area contributed by atoms with E-state index in [0.717, 1.165) is 37.7 Å². The van der Waals surface area contributed by atoms with Crippen molar-refractivity contribution in [2.45, 2.75) is 57.1 Å². The lowest BCUT2D eigenvalue weighted by Crippen LogP contribution is -2.17. The molecule has 2 heterocycles. The molecule has 4 rings (SSSR count). The summed E-state index contributed by atoms with van der Waals surface area (Å²) in [5.74, 6) is 1.22. The number of nitrogens with one attached hydrogen (secondary N) is 1. The summed E-state index contributed by atoms with van der Waals surface area (Å²) in [6.45, 7) is 4.31. The average molecular weight is 422 g/mol. The molecule has 1 fully saturated rings. The van der Waals surface area contributed by atoms with Crippen LogP contribution in [0.4, 0.5) is 5.00 Å². The van der Waals surface area contributed by atoms with Crippen LogP contribution in [0.5, 0.6) is 0 Å². The topological polar surface area (TPSA) is 94.3 Å². The SMILES string of the molecule is CCOC(=O)c1c(NC(=O)CSc2nnc(C3CC3)o2)sc2c1CC[C@@H](C)C2. The molecule has 0 radical (unpaired) electrons. The number of anilines is 1. The summed E-state index contributed by atoms with van der Waals surface area (Å²) in [6.07, 6.45) is 5.00. The molecular formula is C19H23N3O4S2. The number of thioether (sulfide) groups is 1. The van der Waals surface area contributed by atoms with Crippen molar-refractivity contribution >= 4 is 40.0 Å². The number of hydrogen-bond donors (Lipinski definition) is 1. The number of rotatable bonds is 7. The Balaban J connectivity index is 1.44. The average Bonchev–Trinajstić information content (AvgIpc) is 3.29. The first kappa shape index (κ1) is 19.4. The van der Waals surface area contributed by atoms with Gasteiger partial charge in [-0.3, -0.25) is 4.79 Å². The zero-order chi connectivity index (χ0) is 19.7. The van der Waals surface area contributed by atoms with Gasteiger partial charge in [0.1, 0.15) is 5.00 Å². The van der Waals surface area contributed by atoms with Gasteiger partial charge in [-0.15, -0.1) is 21.5 Å². The normalized spacial score (nSPS) is 18.6. The fraction of sp³-hybridized carbons (Fsp3) is 0.579. The van der Waals surface area contributed by atoms with Gasteiger partial charge in [-0.05, 0) is 50.5 Å². The molecule has 0 saturated heterocycles. The summed E-state index contributed by atoms with van der Waals surface area (Å²) in [6, 6.07) is 0. The molecule has 2 aliphatic carbocycles. The van der Waals surface area contributed by atoms with Gasteiger partial charge in [0.2, 0.25) is 11.8 Å². The number of aromatic nitrogens is 2. The fourth-order valence-electron chi connectivity index (χ4n) is 3.32. The molecule has 7 nitrogen and oxygen atoms in total. The van der Waals surface area contributed by atoms with Gasteiger partial charge in [0.15, 0.2) is 0 Å². The van der Waals surface area contributed by atoms with Crippen LogP contribution in [-0.4, -0.2) is 34.4 Å².